The van der Waals surface area contributed by atoms with Gasteiger partial charge in [0.25, 0.3) is 5.91 Å². The van der Waals surface area contributed by atoms with Crippen molar-refractivity contribution in [1.82, 2.24) is 0 Å². The van der Waals surface area contributed by atoms with Gasteiger partial charge in [-0.1, -0.05) is 24.3 Å². The predicted molar refractivity (Wildman–Crippen MR) is 88.1 cm³/mol. The van der Waals surface area contributed by atoms with Crippen molar-refractivity contribution in [3.05, 3.63) is 54.1 Å². The number of carbonyl (C=O) groups excluding carboxylic acids is 1. The fourth-order valence-electron chi connectivity index (χ4n) is 1.93. The molecule has 110 valence electrons. The standard InChI is InChI=1S/C17H19NO2S/c1-12-7-6-8-14(11-12)20-13(2)17(19)18-15-9-4-5-10-16(15)21-3/h4-11,13H,1-3H3,(H,18,19). The molecule has 3 nitrogen and oxygen atoms in total. The molecule has 0 radical (unpaired) electrons. The van der Waals surface area contributed by atoms with Crippen molar-refractivity contribution in [3.63, 3.8) is 0 Å². The van der Waals surface area contributed by atoms with Crippen LogP contribution in [-0.4, -0.2) is 18.3 Å². The summed E-state index contributed by atoms with van der Waals surface area (Å²) in [6, 6.07) is 15.4. The number of thioether (sulfide) groups is 1. The molecular formula is C17H19NO2S. The Morgan fingerprint density at radius 3 is 2.67 bits per heavy atom. The highest BCUT2D eigenvalue weighted by Crippen LogP contribution is 2.25. The van der Waals surface area contributed by atoms with E-state index in [0.717, 1.165) is 16.1 Å². The molecule has 0 fully saturated rings. The Balaban J connectivity index is 2.02. The smallest absolute Gasteiger partial charge is 0.265 e. The molecule has 21 heavy (non-hydrogen) atoms. The van der Waals surface area contributed by atoms with Crippen LogP contribution in [0.5, 0.6) is 5.75 Å². The first kappa shape index (κ1) is 15.4. The molecule has 0 heterocycles. The van der Waals surface area contributed by atoms with Crippen LogP contribution in [-0.2, 0) is 4.79 Å². The molecule has 0 aliphatic heterocycles. The summed E-state index contributed by atoms with van der Waals surface area (Å²) in [5.41, 5.74) is 1.92. The van der Waals surface area contributed by atoms with Crippen molar-refractivity contribution in [2.24, 2.45) is 0 Å². The van der Waals surface area contributed by atoms with E-state index in [4.69, 9.17) is 4.74 Å². The Bertz CT molecular complexity index is 628. The number of ether oxygens (including phenoxy) is 1. The van der Waals surface area contributed by atoms with Gasteiger partial charge in [0.2, 0.25) is 0 Å². The quantitative estimate of drug-likeness (QED) is 0.844. The molecule has 0 bridgehead atoms. The first-order valence-corrected chi connectivity index (χ1v) is 8.00. The summed E-state index contributed by atoms with van der Waals surface area (Å²) in [7, 11) is 0. The average molecular weight is 301 g/mol. The third kappa shape index (κ3) is 4.26. The number of nitrogens with one attached hydrogen (secondary N) is 1. The number of anilines is 1. The van der Waals surface area contributed by atoms with Crippen LogP contribution in [0, 0.1) is 6.92 Å². The van der Waals surface area contributed by atoms with Gasteiger partial charge in [0.05, 0.1) is 5.69 Å². The minimum absolute atomic E-state index is 0.155. The molecule has 0 spiro atoms. The lowest BCUT2D eigenvalue weighted by Crippen LogP contribution is -2.30. The minimum atomic E-state index is -0.554. The van der Waals surface area contributed by atoms with E-state index < -0.39 is 6.10 Å². The second kappa shape index (κ2) is 7.18. The van der Waals surface area contributed by atoms with E-state index in [0.29, 0.717) is 5.75 Å². The zero-order valence-corrected chi connectivity index (χ0v) is 13.2. The maximum Gasteiger partial charge on any atom is 0.265 e. The van der Waals surface area contributed by atoms with E-state index in [1.165, 1.54) is 0 Å². The topological polar surface area (TPSA) is 38.3 Å². The van der Waals surface area contributed by atoms with E-state index in [1.54, 1.807) is 18.7 Å². The zero-order valence-electron chi connectivity index (χ0n) is 12.4. The van der Waals surface area contributed by atoms with Crippen LogP contribution in [0.2, 0.25) is 0 Å². The molecule has 0 saturated carbocycles. The third-order valence-corrected chi connectivity index (χ3v) is 3.83. The summed E-state index contributed by atoms with van der Waals surface area (Å²) in [6.45, 7) is 3.74. The molecule has 2 aromatic carbocycles. The van der Waals surface area contributed by atoms with E-state index in [2.05, 4.69) is 5.32 Å². The highest BCUT2D eigenvalue weighted by Gasteiger charge is 2.16. The fraction of sp³-hybridized carbons (Fsp3) is 0.235. The molecule has 1 N–H and O–H groups in total. The minimum Gasteiger partial charge on any atom is -0.481 e. The summed E-state index contributed by atoms with van der Waals surface area (Å²) in [4.78, 5) is 13.3. The van der Waals surface area contributed by atoms with Crippen molar-refractivity contribution >= 4 is 23.4 Å². The van der Waals surface area contributed by atoms with Gasteiger partial charge in [0, 0.05) is 4.90 Å². The van der Waals surface area contributed by atoms with Crippen LogP contribution in [0.15, 0.2) is 53.4 Å². The van der Waals surface area contributed by atoms with Crippen LogP contribution >= 0.6 is 11.8 Å². The average Bonchev–Trinajstić information content (AvgIpc) is 2.47. The Kier molecular flexibility index (Phi) is 5.28. The summed E-state index contributed by atoms with van der Waals surface area (Å²) in [6.07, 6.45) is 1.43. The lowest BCUT2D eigenvalue weighted by molar-refractivity contribution is -0.122. The summed E-state index contributed by atoms with van der Waals surface area (Å²) in [5.74, 6) is 0.550. The Hall–Kier alpha value is -1.94. The number of hydrogen-bond acceptors (Lipinski definition) is 3. The number of hydrogen-bond donors (Lipinski definition) is 1. The molecule has 0 aliphatic carbocycles. The second-order valence-electron chi connectivity index (χ2n) is 4.77. The Labute approximate surface area is 129 Å². The van der Waals surface area contributed by atoms with Crippen molar-refractivity contribution in [1.29, 1.82) is 0 Å². The zero-order chi connectivity index (χ0) is 15.2. The normalized spacial score (nSPS) is 11.8. The number of carbonyl (C=O) groups is 1. The first-order chi connectivity index (χ1) is 10.1. The van der Waals surface area contributed by atoms with Gasteiger partial charge in [-0.2, -0.15) is 0 Å². The number of benzene rings is 2. The number of para-hydroxylation sites is 1. The molecule has 2 aromatic rings. The second-order valence-corrected chi connectivity index (χ2v) is 5.61. The molecule has 0 saturated heterocycles. The van der Waals surface area contributed by atoms with Crippen LogP contribution in [0.3, 0.4) is 0 Å². The van der Waals surface area contributed by atoms with Crippen molar-refractivity contribution in [2.45, 2.75) is 24.8 Å². The molecule has 2 rings (SSSR count). The fourth-order valence-corrected chi connectivity index (χ4v) is 2.48. The summed E-state index contributed by atoms with van der Waals surface area (Å²) >= 11 is 1.60. The lowest BCUT2D eigenvalue weighted by Gasteiger charge is -2.16. The predicted octanol–water partition coefficient (Wildman–Crippen LogP) is 4.12. The van der Waals surface area contributed by atoms with E-state index in [9.17, 15) is 4.79 Å². The molecule has 1 atom stereocenters. The number of amides is 1. The molecule has 0 aliphatic rings. The van der Waals surface area contributed by atoms with Gasteiger partial charge in [0.1, 0.15) is 5.75 Å². The maximum atomic E-state index is 12.2. The Morgan fingerprint density at radius 1 is 1.19 bits per heavy atom. The van der Waals surface area contributed by atoms with Gasteiger partial charge < -0.3 is 10.1 Å². The SMILES string of the molecule is CSc1ccccc1NC(=O)C(C)Oc1cccc(C)c1. The van der Waals surface area contributed by atoms with Gasteiger partial charge in [-0.25, -0.2) is 0 Å². The van der Waals surface area contributed by atoms with E-state index in [-0.39, 0.29) is 5.91 Å². The summed E-state index contributed by atoms with van der Waals surface area (Å²) < 4.78 is 5.68. The number of aryl methyl sites for hydroxylation is 1. The highest BCUT2D eigenvalue weighted by atomic mass is 32.2. The van der Waals surface area contributed by atoms with E-state index >= 15 is 0 Å². The van der Waals surface area contributed by atoms with Gasteiger partial charge in [-0.3, -0.25) is 4.79 Å². The third-order valence-electron chi connectivity index (χ3n) is 3.04. The Morgan fingerprint density at radius 2 is 1.95 bits per heavy atom. The molecular weight excluding hydrogens is 282 g/mol. The number of rotatable bonds is 5. The van der Waals surface area contributed by atoms with Crippen LogP contribution in [0.25, 0.3) is 0 Å². The van der Waals surface area contributed by atoms with Crippen molar-refractivity contribution in [3.8, 4) is 5.75 Å². The lowest BCUT2D eigenvalue weighted by atomic mass is 10.2. The largest absolute Gasteiger partial charge is 0.481 e. The molecule has 0 aromatic heterocycles. The molecule has 1 amide bonds. The van der Waals surface area contributed by atoms with Gasteiger partial charge in [0.15, 0.2) is 6.10 Å². The maximum absolute atomic E-state index is 12.2. The highest BCUT2D eigenvalue weighted by molar-refractivity contribution is 7.98. The molecule has 4 heteroatoms. The van der Waals surface area contributed by atoms with E-state index in [1.807, 2.05) is 61.7 Å². The molecule has 1 unspecified atom stereocenters. The van der Waals surface area contributed by atoms with Gasteiger partial charge >= 0.3 is 0 Å². The monoisotopic (exact) mass is 301 g/mol. The first-order valence-electron chi connectivity index (χ1n) is 6.77. The van der Waals surface area contributed by atoms with Crippen LogP contribution in [0.1, 0.15) is 12.5 Å². The van der Waals surface area contributed by atoms with Crippen molar-refractivity contribution in [2.75, 3.05) is 11.6 Å². The van der Waals surface area contributed by atoms with Crippen LogP contribution in [0.4, 0.5) is 5.69 Å². The van der Waals surface area contributed by atoms with Gasteiger partial charge in [-0.15, -0.1) is 11.8 Å². The van der Waals surface area contributed by atoms with Crippen molar-refractivity contribution < 1.29 is 9.53 Å². The van der Waals surface area contributed by atoms with Crippen LogP contribution < -0.4 is 10.1 Å². The summed E-state index contributed by atoms with van der Waals surface area (Å²) in [5, 5.41) is 2.91. The van der Waals surface area contributed by atoms with Gasteiger partial charge in [-0.05, 0) is 49.9 Å².